The topological polar surface area (TPSA) is 107 Å². The molecule has 2 atom stereocenters. The van der Waals surface area contributed by atoms with Gasteiger partial charge in [-0.15, -0.1) is 0 Å². The molecular formula is C25H29FN2O6. The Kier molecular flexibility index (Phi) is 7.31. The van der Waals surface area contributed by atoms with Crippen LogP contribution < -0.4 is 10.6 Å². The molecule has 0 spiro atoms. The van der Waals surface area contributed by atoms with Gasteiger partial charge in [-0.05, 0) is 36.6 Å². The molecule has 182 valence electrons. The number of hydrogen-bond donors (Lipinski definition) is 2. The van der Waals surface area contributed by atoms with Gasteiger partial charge < -0.3 is 19.2 Å². The lowest BCUT2D eigenvalue weighted by Gasteiger charge is -2.31. The molecule has 2 N–H and O–H groups in total. The Bertz CT molecular complexity index is 1050. The lowest BCUT2D eigenvalue weighted by atomic mass is 9.84. The van der Waals surface area contributed by atoms with Crippen molar-refractivity contribution in [3.05, 3.63) is 48.0 Å². The summed E-state index contributed by atoms with van der Waals surface area (Å²) in [5.74, 6) is -2.82. The van der Waals surface area contributed by atoms with Crippen LogP contribution >= 0.6 is 0 Å². The molecule has 9 heteroatoms. The Labute approximate surface area is 197 Å². The fraction of sp³-hybridized carbons (Fsp3) is 0.480. The maximum atomic E-state index is 13.5. The number of cyclic esters (lactones) is 1. The minimum Gasteiger partial charge on any atom is -0.451 e. The van der Waals surface area contributed by atoms with Gasteiger partial charge >= 0.3 is 5.97 Å². The Morgan fingerprint density at radius 2 is 2.00 bits per heavy atom. The molecule has 8 nitrogen and oxygen atoms in total. The van der Waals surface area contributed by atoms with E-state index in [0.29, 0.717) is 17.7 Å². The maximum Gasteiger partial charge on any atom is 0.309 e. The van der Waals surface area contributed by atoms with Gasteiger partial charge in [0.25, 0.3) is 11.8 Å². The molecule has 0 radical (unpaired) electrons. The largest absolute Gasteiger partial charge is 0.451 e. The summed E-state index contributed by atoms with van der Waals surface area (Å²) < 4.78 is 29.7. The minimum atomic E-state index is -1.53. The SMILES string of the molecule is COC1(NC(=O)[C@H](CC2CCCCC2)NC(=O)c2ccc(-c3cccc(F)c3)o2)CCC(=O)O1. The molecule has 1 aromatic carbocycles. The summed E-state index contributed by atoms with van der Waals surface area (Å²) in [4.78, 5) is 37.8. The van der Waals surface area contributed by atoms with Crippen LogP contribution in [0.4, 0.5) is 4.39 Å². The van der Waals surface area contributed by atoms with E-state index < -0.39 is 35.6 Å². The van der Waals surface area contributed by atoms with E-state index in [9.17, 15) is 18.8 Å². The third-order valence-corrected chi connectivity index (χ3v) is 6.43. The van der Waals surface area contributed by atoms with Crippen LogP contribution in [-0.2, 0) is 19.1 Å². The number of nitrogens with one attached hydrogen (secondary N) is 2. The predicted octanol–water partition coefficient (Wildman–Crippen LogP) is 3.91. The zero-order valence-corrected chi connectivity index (χ0v) is 19.1. The molecule has 1 aliphatic heterocycles. The van der Waals surface area contributed by atoms with Crippen molar-refractivity contribution in [2.24, 2.45) is 5.92 Å². The van der Waals surface area contributed by atoms with E-state index in [1.807, 2.05) is 0 Å². The van der Waals surface area contributed by atoms with Crippen LogP contribution in [0.3, 0.4) is 0 Å². The Hall–Kier alpha value is -3.20. The quantitative estimate of drug-likeness (QED) is 0.446. The Balaban J connectivity index is 1.49. The van der Waals surface area contributed by atoms with Gasteiger partial charge in [0.05, 0.1) is 6.42 Å². The standard InChI is InChI=1S/C25H29FN2O6/c1-32-25(13-12-22(29)34-25)28-23(30)19(14-16-6-3-2-4-7-16)27-24(31)21-11-10-20(33-21)17-8-5-9-18(26)15-17/h5,8-11,15-16,19H,2-4,6-7,12-14H2,1H3,(H,27,31)(H,28,30)/t19-,25?/m0/s1. The summed E-state index contributed by atoms with van der Waals surface area (Å²) in [5, 5.41) is 5.43. The normalized spacial score (nSPS) is 21.6. The fourth-order valence-corrected chi connectivity index (χ4v) is 4.58. The number of benzene rings is 1. The second kappa shape index (κ2) is 10.4. The van der Waals surface area contributed by atoms with Gasteiger partial charge in [0.15, 0.2) is 5.76 Å². The van der Waals surface area contributed by atoms with Crippen molar-refractivity contribution in [1.29, 1.82) is 0 Å². The number of amides is 2. The third kappa shape index (κ3) is 5.64. The highest BCUT2D eigenvalue weighted by Crippen LogP contribution is 2.29. The van der Waals surface area contributed by atoms with Crippen molar-refractivity contribution >= 4 is 17.8 Å². The summed E-state index contributed by atoms with van der Waals surface area (Å²) in [6.07, 6.45) is 6.06. The molecule has 2 aromatic rings. The number of esters is 1. The van der Waals surface area contributed by atoms with Gasteiger partial charge in [0.1, 0.15) is 17.6 Å². The van der Waals surface area contributed by atoms with E-state index in [-0.39, 0.29) is 24.5 Å². The zero-order chi connectivity index (χ0) is 24.1. The highest BCUT2D eigenvalue weighted by molar-refractivity contribution is 5.96. The summed E-state index contributed by atoms with van der Waals surface area (Å²) in [6, 6.07) is 8.06. The van der Waals surface area contributed by atoms with Crippen LogP contribution in [-0.4, -0.2) is 36.8 Å². The van der Waals surface area contributed by atoms with Crippen molar-refractivity contribution in [1.82, 2.24) is 10.6 Å². The lowest BCUT2D eigenvalue weighted by molar-refractivity contribution is -0.216. The van der Waals surface area contributed by atoms with E-state index in [1.54, 1.807) is 18.2 Å². The van der Waals surface area contributed by atoms with Gasteiger partial charge in [-0.2, -0.15) is 0 Å². The van der Waals surface area contributed by atoms with Gasteiger partial charge in [0.2, 0.25) is 5.91 Å². The number of rotatable bonds is 8. The number of methoxy groups -OCH3 is 1. The molecule has 34 heavy (non-hydrogen) atoms. The average Bonchev–Trinajstić information content (AvgIpc) is 3.47. The molecular weight excluding hydrogens is 443 g/mol. The number of furan rings is 1. The van der Waals surface area contributed by atoms with Crippen molar-refractivity contribution in [3.8, 4) is 11.3 Å². The van der Waals surface area contributed by atoms with E-state index in [0.717, 1.165) is 32.1 Å². The number of carbonyl (C=O) groups excluding carboxylic acids is 3. The summed E-state index contributed by atoms with van der Waals surface area (Å²) in [7, 11) is 1.35. The van der Waals surface area contributed by atoms with Crippen molar-refractivity contribution in [2.45, 2.75) is 63.3 Å². The average molecular weight is 473 g/mol. The zero-order valence-electron chi connectivity index (χ0n) is 19.1. The van der Waals surface area contributed by atoms with Crippen LogP contribution in [0.2, 0.25) is 0 Å². The van der Waals surface area contributed by atoms with Crippen LogP contribution in [0.1, 0.15) is 61.9 Å². The number of carbonyl (C=O) groups is 3. The van der Waals surface area contributed by atoms with Gasteiger partial charge in [-0.25, -0.2) is 4.39 Å². The van der Waals surface area contributed by atoms with Crippen molar-refractivity contribution in [2.75, 3.05) is 7.11 Å². The fourth-order valence-electron chi connectivity index (χ4n) is 4.58. The molecule has 1 saturated heterocycles. The monoisotopic (exact) mass is 472 g/mol. The Morgan fingerprint density at radius 1 is 1.21 bits per heavy atom. The van der Waals surface area contributed by atoms with E-state index in [2.05, 4.69) is 10.6 Å². The predicted molar refractivity (Wildman–Crippen MR) is 120 cm³/mol. The molecule has 0 bridgehead atoms. The number of ether oxygens (including phenoxy) is 2. The third-order valence-electron chi connectivity index (χ3n) is 6.43. The Morgan fingerprint density at radius 3 is 2.68 bits per heavy atom. The maximum absolute atomic E-state index is 13.5. The van der Waals surface area contributed by atoms with Crippen molar-refractivity contribution < 1.29 is 32.7 Å². The highest BCUT2D eigenvalue weighted by Gasteiger charge is 2.44. The van der Waals surface area contributed by atoms with Crippen LogP contribution in [0.15, 0.2) is 40.8 Å². The molecule has 4 rings (SSSR count). The molecule has 2 aliphatic rings. The molecule has 1 aromatic heterocycles. The van der Waals surface area contributed by atoms with Crippen LogP contribution in [0.5, 0.6) is 0 Å². The van der Waals surface area contributed by atoms with Gasteiger partial charge in [-0.1, -0.05) is 44.2 Å². The summed E-state index contributed by atoms with van der Waals surface area (Å²) >= 11 is 0. The molecule has 1 saturated carbocycles. The first kappa shape index (κ1) is 23.9. The smallest absolute Gasteiger partial charge is 0.309 e. The summed E-state index contributed by atoms with van der Waals surface area (Å²) in [6.45, 7) is 0. The van der Waals surface area contributed by atoms with Crippen molar-refractivity contribution in [3.63, 3.8) is 0 Å². The molecule has 1 aliphatic carbocycles. The summed E-state index contributed by atoms with van der Waals surface area (Å²) in [5.41, 5.74) is 0.501. The first-order valence-electron chi connectivity index (χ1n) is 11.6. The minimum absolute atomic E-state index is 0.00875. The van der Waals surface area contributed by atoms with Crippen LogP contribution in [0.25, 0.3) is 11.3 Å². The molecule has 2 heterocycles. The highest BCUT2D eigenvalue weighted by atomic mass is 19.1. The number of hydrogen-bond acceptors (Lipinski definition) is 6. The lowest BCUT2D eigenvalue weighted by Crippen LogP contribution is -2.57. The second-order valence-corrected chi connectivity index (χ2v) is 8.86. The van der Waals surface area contributed by atoms with E-state index >= 15 is 0 Å². The van der Waals surface area contributed by atoms with E-state index in [4.69, 9.17) is 13.9 Å². The van der Waals surface area contributed by atoms with Crippen LogP contribution in [0, 0.1) is 11.7 Å². The molecule has 2 amide bonds. The first-order chi connectivity index (χ1) is 16.4. The first-order valence-corrected chi connectivity index (χ1v) is 11.6. The molecule has 1 unspecified atom stereocenters. The van der Waals surface area contributed by atoms with Gasteiger partial charge in [0, 0.05) is 19.1 Å². The second-order valence-electron chi connectivity index (χ2n) is 8.86. The van der Waals surface area contributed by atoms with Gasteiger partial charge in [-0.3, -0.25) is 19.7 Å². The molecule has 2 fully saturated rings. The number of halogens is 1. The van der Waals surface area contributed by atoms with E-state index in [1.165, 1.54) is 25.3 Å².